The number of benzene rings is 2. The summed E-state index contributed by atoms with van der Waals surface area (Å²) in [5.41, 5.74) is 3.84. The number of fused-ring (bicyclic) bond motifs is 1. The van der Waals surface area contributed by atoms with Gasteiger partial charge in [0, 0.05) is 35.2 Å². The van der Waals surface area contributed by atoms with Crippen LogP contribution >= 0.6 is 11.6 Å². The van der Waals surface area contributed by atoms with Crippen molar-refractivity contribution in [2.75, 3.05) is 27.2 Å². The summed E-state index contributed by atoms with van der Waals surface area (Å²) in [5.74, 6) is 0. The highest BCUT2D eigenvalue weighted by Crippen LogP contribution is 2.23. The van der Waals surface area contributed by atoms with Crippen molar-refractivity contribution in [3.05, 3.63) is 70.9 Å². The van der Waals surface area contributed by atoms with Gasteiger partial charge in [0.1, 0.15) is 0 Å². The molecule has 1 heterocycles. The van der Waals surface area contributed by atoms with Crippen LogP contribution in [0.1, 0.15) is 17.5 Å². The van der Waals surface area contributed by atoms with Gasteiger partial charge < -0.3 is 14.8 Å². The maximum atomic E-state index is 6.13. The molecule has 0 bridgehead atoms. The number of nitrogens with one attached hydrogen (secondary N) is 1. The second-order valence-corrected chi connectivity index (χ2v) is 7.20. The minimum absolute atomic E-state index is 0.789. The normalized spacial score (nSPS) is 11.5. The Balaban J connectivity index is 1.74. The molecule has 0 fully saturated rings. The van der Waals surface area contributed by atoms with Crippen molar-refractivity contribution in [1.29, 1.82) is 0 Å². The average Bonchev–Trinajstić information content (AvgIpc) is 2.92. The Morgan fingerprint density at radius 1 is 1.08 bits per heavy atom. The first-order valence-electron chi connectivity index (χ1n) is 8.80. The molecule has 0 aliphatic rings. The van der Waals surface area contributed by atoms with E-state index in [1.807, 2.05) is 18.2 Å². The molecular weight excluding hydrogens is 330 g/mol. The third-order valence-electron chi connectivity index (χ3n) is 4.39. The van der Waals surface area contributed by atoms with Crippen LogP contribution in [0.4, 0.5) is 0 Å². The van der Waals surface area contributed by atoms with Crippen molar-refractivity contribution in [3.63, 3.8) is 0 Å². The average molecular weight is 356 g/mol. The Morgan fingerprint density at radius 3 is 2.72 bits per heavy atom. The molecule has 0 atom stereocenters. The van der Waals surface area contributed by atoms with E-state index in [0.29, 0.717) is 0 Å². The van der Waals surface area contributed by atoms with Crippen molar-refractivity contribution >= 4 is 22.5 Å². The number of hydrogen-bond acceptors (Lipinski definition) is 2. The number of para-hydroxylation sites is 1. The van der Waals surface area contributed by atoms with E-state index >= 15 is 0 Å². The van der Waals surface area contributed by atoms with Crippen LogP contribution in [0.25, 0.3) is 10.9 Å². The number of halogens is 1. The first-order valence-corrected chi connectivity index (χ1v) is 9.18. The van der Waals surface area contributed by atoms with Crippen molar-refractivity contribution in [1.82, 2.24) is 14.8 Å². The van der Waals surface area contributed by atoms with Crippen molar-refractivity contribution in [3.8, 4) is 0 Å². The Morgan fingerprint density at radius 2 is 1.92 bits per heavy atom. The second-order valence-electron chi connectivity index (χ2n) is 6.76. The highest BCUT2D eigenvalue weighted by molar-refractivity contribution is 6.30. The summed E-state index contributed by atoms with van der Waals surface area (Å²) in [6, 6.07) is 16.7. The van der Waals surface area contributed by atoms with E-state index in [0.717, 1.165) is 37.6 Å². The first kappa shape index (κ1) is 18.0. The Kier molecular flexibility index (Phi) is 6.14. The third kappa shape index (κ3) is 4.85. The summed E-state index contributed by atoms with van der Waals surface area (Å²) in [6.07, 6.45) is 3.43. The molecule has 0 saturated heterocycles. The highest BCUT2D eigenvalue weighted by Gasteiger charge is 2.08. The summed E-state index contributed by atoms with van der Waals surface area (Å²) in [6.45, 7) is 3.88. The van der Waals surface area contributed by atoms with Crippen LogP contribution in [0.2, 0.25) is 5.02 Å². The maximum absolute atomic E-state index is 6.13. The molecule has 0 aliphatic heterocycles. The van der Waals surface area contributed by atoms with Gasteiger partial charge in [0.25, 0.3) is 0 Å². The van der Waals surface area contributed by atoms with E-state index < -0.39 is 0 Å². The van der Waals surface area contributed by atoms with E-state index in [1.54, 1.807) is 0 Å². The Hall–Kier alpha value is -1.81. The summed E-state index contributed by atoms with van der Waals surface area (Å²) < 4.78 is 2.32. The molecule has 0 radical (unpaired) electrons. The zero-order chi connectivity index (χ0) is 17.6. The van der Waals surface area contributed by atoms with Gasteiger partial charge in [-0.25, -0.2) is 0 Å². The summed E-state index contributed by atoms with van der Waals surface area (Å²) in [4.78, 5) is 2.22. The molecule has 0 unspecified atom stereocenters. The van der Waals surface area contributed by atoms with Gasteiger partial charge in [0.05, 0.1) is 0 Å². The molecule has 0 amide bonds. The largest absolute Gasteiger partial charge is 0.343 e. The summed E-state index contributed by atoms with van der Waals surface area (Å²) in [5, 5.41) is 5.69. The molecule has 3 rings (SSSR count). The van der Waals surface area contributed by atoms with E-state index in [-0.39, 0.29) is 0 Å². The highest BCUT2D eigenvalue weighted by atomic mass is 35.5. The van der Waals surface area contributed by atoms with Crippen LogP contribution in [0.3, 0.4) is 0 Å². The molecule has 3 aromatic rings. The quantitative estimate of drug-likeness (QED) is 0.605. The van der Waals surface area contributed by atoms with Crippen LogP contribution in [-0.4, -0.2) is 36.7 Å². The van der Waals surface area contributed by atoms with Gasteiger partial charge in [-0.15, -0.1) is 0 Å². The number of rotatable bonds is 8. The van der Waals surface area contributed by atoms with Crippen molar-refractivity contribution < 1.29 is 0 Å². The van der Waals surface area contributed by atoms with Gasteiger partial charge in [0.15, 0.2) is 0 Å². The predicted molar refractivity (Wildman–Crippen MR) is 107 cm³/mol. The van der Waals surface area contributed by atoms with Gasteiger partial charge in [-0.3, -0.25) is 0 Å². The SMILES string of the molecule is CN(C)CCCNCc1cn(Cc2cccc(Cl)c2)c2ccccc12. The molecule has 2 aromatic carbocycles. The molecule has 1 aromatic heterocycles. The van der Waals surface area contributed by atoms with E-state index in [9.17, 15) is 0 Å². The lowest BCUT2D eigenvalue weighted by molar-refractivity contribution is 0.394. The van der Waals surface area contributed by atoms with Crippen LogP contribution in [0.15, 0.2) is 54.7 Å². The number of nitrogens with zero attached hydrogens (tertiary/aromatic N) is 2. The second kappa shape index (κ2) is 8.52. The fourth-order valence-corrected chi connectivity index (χ4v) is 3.38. The van der Waals surface area contributed by atoms with Gasteiger partial charge in [-0.05, 0) is 62.9 Å². The fourth-order valence-electron chi connectivity index (χ4n) is 3.17. The van der Waals surface area contributed by atoms with Crippen LogP contribution < -0.4 is 5.32 Å². The lowest BCUT2D eigenvalue weighted by atomic mass is 10.2. The monoisotopic (exact) mass is 355 g/mol. The minimum Gasteiger partial charge on any atom is -0.343 e. The molecule has 0 aliphatic carbocycles. The Labute approximate surface area is 155 Å². The molecule has 0 saturated carbocycles. The van der Waals surface area contributed by atoms with Crippen LogP contribution in [0.5, 0.6) is 0 Å². The maximum Gasteiger partial charge on any atom is 0.0486 e. The smallest absolute Gasteiger partial charge is 0.0486 e. The van der Waals surface area contributed by atoms with Gasteiger partial charge in [0.2, 0.25) is 0 Å². The Bertz CT molecular complexity index is 823. The fraction of sp³-hybridized carbons (Fsp3) is 0.333. The van der Waals surface area contributed by atoms with Gasteiger partial charge in [-0.2, -0.15) is 0 Å². The standard InChI is InChI=1S/C21H26ClN3/c1-24(2)12-6-11-23-14-18-16-25(21-10-4-3-9-20(18)21)15-17-7-5-8-19(22)13-17/h3-5,7-10,13,16,23H,6,11-12,14-15H2,1-2H3. The third-order valence-corrected chi connectivity index (χ3v) is 4.62. The zero-order valence-electron chi connectivity index (χ0n) is 15.0. The lowest BCUT2D eigenvalue weighted by Crippen LogP contribution is -2.20. The number of hydrogen-bond donors (Lipinski definition) is 1. The first-order chi connectivity index (χ1) is 12.1. The van der Waals surface area contributed by atoms with Crippen LogP contribution in [0, 0.1) is 0 Å². The van der Waals surface area contributed by atoms with E-state index in [2.05, 4.69) is 65.4 Å². The van der Waals surface area contributed by atoms with E-state index in [1.165, 1.54) is 22.0 Å². The topological polar surface area (TPSA) is 20.2 Å². The predicted octanol–water partition coefficient (Wildman–Crippen LogP) is 4.38. The minimum atomic E-state index is 0.789. The van der Waals surface area contributed by atoms with Crippen molar-refractivity contribution in [2.24, 2.45) is 0 Å². The van der Waals surface area contributed by atoms with E-state index in [4.69, 9.17) is 11.6 Å². The molecule has 3 nitrogen and oxygen atoms in total. The van der Waals surface area contributed by atoms with Gasteiger partial charge in [-0.1, -0.05) is 41.9 Å². The zero-order valence-corrected chi connectivity index (χ0v) is 15.8. The molecular formula is C21H26ClN3. The molecule has 132 valence electrons. The molecule has 4 heteroatoms. The number of aromatic nitrogens is 1. The molecule has 1 N–H and O–H groups in total. The lowest BCUT2D eigenvalue weighted by Gasteiger charge is -2.09. The van der Waals surface area contributed by atoms with Crippen molar-refractivity contribution in [2.45, 2.75) is 19.5 Å². The molecule has 0 spiro atoms. The molecule has 25 heavy (non-hydrogen) atoms. The summed E-state index contributed by atoms with van der Waals surface area (Å²) in [7, 11) is 4.23. The van der Waals surface area contributed by atoms with Crippen LogP contribution in [-0.2, 0) is 13.1 Å². The van der Waals surface area contributed by atoms with Gasteiger partial charge >= 0.3 is 0 Å². The summed E-state index contributed by atoms with van der Waals surface area (Å²) >= 11 is 6.13.